The largest absolute Gasteiger partial charge is 0.409 e. The third kappa shape index (κ3) is 2.17. The minimum Gasteiger partial charge on any atom is -0.409 e. The summed E-state index contributed by atoms with van der Waals surface area (Å²) in [6.07, 6.45) is 5.89. The number of hydrogen-bond acceptors (Lipinski definition) is 5. The van der Waals surface area contributed by atoms with Gasteiger partial charge in [0.1, 0.15) is 5.69 Å². The number of aromatic nitrogens is 2. The highest BCUT2D eigenvalue weighted by Crippen LogP contribution is 2.19. The van der Waals surface area contributed by atoms with Crippen molar-refractivity contribution in [2.24, 2.45) is 10.9 Å². The van der Waals surface area contributed by atoms with Crippen LogP contribution < -0.4 is 5.73 Å². The number of nitrogens with zero attached hydrogens (tertiary/aromatic N) is 4. The quantitative estimate of drug-likeness (QED) is 0.320. The van der Waals surface area contributed by atoms with Crippen LogP contribution in [0.2, 0.25) is 0 Å². The van der Waals surface area contributed by atoms with Crippen LogP contribution in [0.4, 0.5) is 0 Å². The van der Waals surface area contributed by atoms with Crippen LogP contribution in [0, 0.1) is 0 Å². The van der Waals surface area contributed by atoms with Crippen molar-refractivity contribution in [3.8, 4) is 0 Å². The van der Waals surface area contributed by atoms with Gasteiger partial charge in [-0.15, -0.1) is 0 Å². The molecule has 1 unspecified atom stereocenters. The molecular formula is C10H13N5O2. The topological polar surface area (TPSA) is 105 Å². The molecule has 7 heteroatoms. The van der Waals surface area contributed by atoms with Crippen molar-refractivity contribution in [1.82, 2.24) is 14.9 Å². The second-order valence-electron chi connectivity index (χ2n) is 3.77. The van der Waals surface area contributed by atoms with Crippen molar-refractivity contribution in [3.63, 3.8) is 0 Å². The predicted molar refractivity (Wildman–Crippen MR) is 59.5 cm³/mol. The summed E-state index contributed by atoms with van der Waals surface area (Å²) >= 11 is 0. The molecule has 0 radical (unpaired) electrons. The Morgan fingerprint density at radius 2 is 2.41 bits per heavy atom. The van der Waals surface area contributed by atoms with Crippen LogP contribution in [0.25, 0.3) is 0 Å². The second-order valence-corrected chi connectivity index (χ2v) is 3.77. The van der Waals surface area contributed by atoms with E-state index in [2.05, 4.69) is 15.1 Å². The summed E-state index contributed by atoms with van der Waals surface area (Å²) in [7, 11) is 0. The maximum Gasteiger partial charge on any atom is 0.274 e. The van der Waals surface area contributed by atoms with E-state index in [1.54, 1.807) is 4.90 Å². The Morgan fingerprint density at radius 3 is 3.06 bits per heavy atom. The Bertz CT molecular complexity index is 434. The first kappa shape index (κ1) is 11.3. The van der Waals surface area contributed by atoms with Crippen LogP contribution in [0.5, 0.6) is 0 Å². The molecule has 1 fully saturated rings. The number of hydrogen-bond donors (Lipinski definition) is 2. The van der Waals surface area contributed by atoms with Crippen molar-refractivity contribution in [2.75, 3.05) is 6.54 Å². The van der Waals surface area contributed by atoms with E-state index in [1.807, 2.05) is 0 Å². The molecule has 3 N–H and O–H groups in total. The number of amidine groups is 1. The third-order valence-electron chi connectivity index (χ3n) is 2.75. The number of likely N-dealkylation sites (tertiary alicyclic amines) is 1. The molecule has 0 bridgehead atoms. The minimum absolute atomic E-state index is 0.0553. The predicted octanol–water partition coefficient (Wildman–Crippen LogP) is -0.172. The van der Waals surface area contributed by atoms with Gasteiger partial charge in [-0.2, -0.15) is 0 Å². The fourth-order valence-corrected chi connectivity index (χ4v) is 1.94. The van der Waals surface area contributed by atoms with E-state index >= 15 is 0 Å². The Kier molecular flexibility index (Phi) is 3.17. The summed E-state index contributed by atoms with van der Waals surface area (Å²) in [5, 5.41) is 11.6. The van der Waals surface area contributed by atoms with Crippen LogP contribution >= 0.6 is 0 Å². The van der Waals surface area contributed by atoms with Crippen LogP contribution in [0.3, 0.4) is 0 Å². The van der Waals surface area contributed by atoms with Gasteiger partial charge in [0, 0.05) is 18.9 Å². The molecule has 0 spiro atoms. The molecule has 2 heterocycles. The van der Waals surface area contributed by atoms with Crippen LogP contribution in [-0.2, 0) is 0 Å². The van der Waals surface area contributed by atoms with Gasteiger partial charge in [-0.25, -0.2) is 4.98 Å². The lowest BCUT2D eigenvalue weighted by atomic mass is 10.2. The van der Waals surface area contributed by atoms with Crippen molar-refractivity contribution < 1.29 is 10.0 Å². The molecule has 1 aromatic rings. The lowest BCUT2D eigenvalue weighted by Crippen LogP contribution is -2.44. The smallest absolute Gasteiger partial charge is 0.274 e. The monoisotopic (exact) mass is 235 g/mol. The van der Waals surface area contributed by atoms with Gasteiger partial charge in [0.15, 0.2) is 5.84 Å². The Morgan fingerprint density at radius 1 is 1.59 bits per heavy atom. The van der Waals surface area contributed by atoms with Crippen molar-refractivity contribution in [2.45, 2.75) is 18.9 Å². The molecule has 2 rings (SSSR count). The van der Waals surface area contributed by atoms with E-state index in [0.717, 1.165) is 6.42 Å². The SMILES string of the molecule is NC(=NO)C1CCCN1C(=O)c1cnccn1. The number of rotatable bonds is 2. The summed E-state index contributed by atoms with van der Waals surface area (Å²) in [4.78, 5) is 21.5. The minimum atomic E-state index is -0.352. The van der Waals surface area contributed by atoms with Gasteiger partial charge < -0.3 is 15.8 Å². The molecule has 1 atom stereocenters. The average molecular weight is 235 g/mol. The third-order valence-corrected chi connectivity index (χ3v) is 2.75. The lowest BCUT2D eigenvalue weighted by molar-refractivity contribution is 0.0761. The highest BCUT2D eigenvalue weighted by atomic mass is 16.4. The first-order valence-corrected chi connectivity index (χ1v) is 5.28. The molecule has 0 saturated carbocycles. The molecule has 1 saturated heterocycles. The highest BCUT2D eigenvalue weighted by molar-refractivity contribution is 5.97. The van der Waals surface area contributed by atoms with Crippen LogP contribution in [0.15, 0.2) is 23.7 Å². The summed E-state index contributed by atoms with van der Waals surface area (Å²) in [6.45, 7) is 0.580. The van der Waals surface area contributed by atoms with Gasteiger partial charge in [0.25, 0.3) is 5.91 Å². The number of carbonyl (C=O) groups excluding carboxylic acids is 1. The van der Waals surface area contributed by atoms with Gasteiger partial charge in [0.2, 0.25) is 0 Å². The maximum atomic E-state index is 12.1. The van der Waals surface area contributed by atoms with E-state index in [4.69, 9.17) is 10.9 Å². The van der Waals surface area contributed by atoms with Gasteiger partial charge in [-0.1, -0.05) is 5.16 Å². The summed E-state index contributed by atoms with van der Waals surface area (Å²) in [5.41, 5.74) is 5.82. The number of amides is 1. The molecule has 7 nitrogen and oxygen atoms in total. The summed E-state index contributed by atoms with van der Waals surface area (Å²) in [5.74, 6) is -0.188. The van der Waals surface area contributed by atoms with Gasteiger partial charge in [0.05, 0.1) is 12.2 Å². The normalized spacial score (nSPS) is 20.6. The second kappa shape index (κ2) is 4.77. The zero-order valence-corrected chi connectivity index (χ0v) is 9.15. The molecule has 1 aliphatic rings. The molecule has 17 heavy (non-hydrogen) atoms. The molecule has 1 aliphatic heterocycles. The van der Waals surface area contributed by atoms with Crippen molar-refractivity contribution in [1.29, 1.82) is 0 Å². The van der Waals surface area contributed by atoms with Crippen molar-refractivity contribution in [3.05, 3.63) is 24.3 Å². The number of carbonyl (C=O) groups is 1. The Balaban J connectivity index is 2.20. The Labute approximate surface area is 98.0 Å². The molecule has 0 aliphatic carbocycles. The fraction of sp³-hybridized carbons (Fsp3) is 0.400. The number of oxime groups is 1. The zero-order chi connectivity index (χ0) is 12.3. The van der Waals surface area contributed by atoms with E-state index in [0.29, 0.717) is 13.0 Å². The highest BCUT2D eigenvalue weighted by Gasteiger charge is 2.32. The summed E-state index contributed by atoms with van der Waals surface area (Å²) < 4.78 is 0. The molecule has 1 aromatic heterocycles. The first-order chi connectivity index (χ1) is 8.24. The van der Waals surface area contributed by atoms with Gasteiger partial charge >= 0.3 is 0 Å². The van der Waals surface area contributed by atoms with Crippen LogP contribution in [0.1, 0.15) is 23.3 Å². The average Bonchev–Trinajstić information content (AvgIpc) is 2.87. The van der Waals surface area contributed by atoms with E-state index in [-0.39, 0.29) is 23.5 Å². The molecule has 0 aromatic carbocycles. The van der Waals surface area contributed by atoms with Crippen LogP contribution in [-0.4, -0.2) is 44.4 Å². The molecular weight excluding hydrogens is 222 g/mol. The maximum absolute atomic E-state index is 12.1. The van der Waals surface area contributed by atoms with E-state index in [1.165, 1.54) is 18.6 Å². The van der Waals surface area contributed by atoms with Gasteiger partial charge in [-0.3, -0.25) is 9.78 Å². The zero-order valence-electron chi connectivity index (χ0n) is 9.15. The molecule has 1 amide bonds. The van der Waals surface area contributed by atoms with E-state index in [9.17, 15) is 4.79 Å². The van der Waals surface area contributed by atoms with Gasteiger partial charge in [-0.05, 0) is 12.8 Å². The van der Waals surface area contributed by atoms with Crippen molar-refractivity contribution >= 4 is 11.7 Å². The first-order valence-electron chi connectivity index (χ1n) is 5.28. The lowest BCUT2D eigenvalue weighted by Gasteiger charge is -2.22. The van der Waals surface area contributed by atoms with E-state index < -0.39 is 0 Å². The number of nitrogens with two attached hydrogens (primary N) is 1. The fourth-order valence-electron chi connectivity index (χ4n) is 1.94. The standard InChI is InChI=1S/C10H13N5O2/c11-9(14-17)8-2-1-5-15(8)10(16)7-6-12-3-4-13-7/h3-4,6,8,17H,1-2,5H2,(H2,11,14). The molecule has 90 valence electrons. The summed E-state index contributed by atoms with van der Waals surface area (Å²) in [6, 6.07) is -0.352. The Hall–Kier alpha value is -2.18.